The van der Waals surface area contributed by atoms with Crippen molar-refractivity contribution in [1.82, 2.24) is 24.3 Å². The Kier molecular flexibility index (Phi) is 5.65. The van der Waals surface area contributed by atoms with Gasteiger partial charge in [0.1, 0.15) is 6.04 Å². The van der Waals surface area contributed by atoms with Gasteiger partial charge < -0.3 is 14.4 Å². The summed E-state index contributed by atoms with van der Waals surface area (Å²) in [6.07, 6.45) is 11.3. The molecule has 0 radical (unpaired) electrons. The minimum absolute atomic E-state index is 0.146. The van der Waals surface area contributed by atoms with Crippen molar-refractivity contribution in [3.63, 3.8) is 0 Å². The molecule has 2 aromatic rings. The van der Waals surface area contributed by atoms with Crippen LogP contribution in [0.4, 0.5) is 0 Å². The van der Waals surface area contributed by atoms with E-state index in [1.54, 1.807) is 18.7 Å². The summed E-state index contributed by atoms with van der Waals surface area (Å²) in [7, 11) is 0. The first-order valence-corrected chi connectivity index (χ1v) is 10.5. The van der Waals surface area contributed by atoms with E-state index in [2.05, 4.69) is 9.97 Å². The van der Waals surface area contributed by atoms with E-state index in [1.807, 2.05) is 45.7 Å². The minimum Gasteiger partial charge on any atom is -0.342 e. The van der Waals surface area contributed by atoms with Crippen molar-refractivity contribution in [3.05, 3.63) is 48.8 Å². The van der Waals surface area contributed by atoms with Gasteiger partial charge in [-0.25, -0.2) is 4.98 Å². The number of carbonyl (C=O) groups is 2. The highest BCUT2D eigenvalue weighted by atomic mass is 16.2. The highest BCUT2D eigenvalue weighted by Gasteiger charge is 2.42. The van der Waals surface area contributed by atoms with Crippen molar-refractivity contribution in [1.29, 1.82) is 0 Å². The first kappa shape index (κ1) is 19.6. The second kappa shape index (κ2) is 8.35. The Morgan fingerprint density at radius 1 is 1.21 bits per heavy atom. The van der Waals surface area contributed by atoms with Crippen LogP contribution >= 0.6 is 0 Å². The van der Waals surface area contributed by atoms with Gasteiger partial charge in [0.15, 0.2) is 0 Å². The van der Waals surface area contributed by atoms with E-state index in [9.17, 15) is 9.59 Å². The molecule has 2 aromatic heterocycles. The molecule has 0 aromatic carbocycles. The molecule has 0 unspecified atom stereocenters. The van der Waals surface area contributed by atoms with Crippen molar-refractivity contribution < 1.29 is 9.59 Å². The van der Waals surface area contributed by atoms with Crippen LogP contribution in [0.25, 0.3) is 0 Å². The van der Waals surface area contributed by atoms with Crippen LogP contribution in [0.2, 0.25) is 0 Å². The van der Waals surface area contributed by atoms with Crippen LogP contribution in [-0.4, -0.2) is 62.3 Å². The number of pyridine rings is 1. The number of amides is 2. The van der Waals surface area contributed by atoms with Crippen LogP contribution in [0.15, 0.2) is 43.1 Å². The monoisotopic (exact) mass is 395 g/mol. The number of nitrogens with zero attached hydrogens (tertiary/aromatic N) is 5. The zero-order chi connectivity index (χ0) is 20.3. The number of carbonyl (C=O) groups excluding carboxylic acids is 2. The normalized spacial score (nSPS) is 20.1. The predicted octanol–water partition coefficient (Wildman–Crippen LogP) is 2.31. The van der Waals surface area contributed by atoms with E-state index in [0.29, 0.717) is 6.42 Å². The molecule has 29 heavy (non-hydrogen) atoms. The Balaban J connectivity index is 1.33. The summed E-state index contributed by atoms with van der Waals surface area (Å²) in [5.74, 6) is 0.399. The van der Waals surface area contributed by atoms with Gasteiger partial charge in [-0.05, 0) is 43.7 Å². The lowest BCUT2D eigenvalue weighted by molar-refractivity contribution is -0.143. The number of likely N-dealkylation sites (tertiary alicyclic amines) is 2. The Bertz CT molecular complexity index is 828. The van der Waals surface area contributed by atoms with Crippen LogP contribution in [0.5, 0.6) is 0 Å². The van der Waals surface area contributed by atoms with Crippen LogP contribution in [0.3, 0.4) is 0 Å². The number of aromatic nitrogens is 3. The van der Waals surface area contributed by atoms with Gasteiger partial charge in [-0.15, -0.1) is 0 Å². The lowest BCUT2D eigenvalue weighted by atomic mass is 9.72. The number of hydrogen-bond donors (Lipinski definition) is 0. The quantitative estimate of drug-likeness (QED) is 0.779. The van der Waals surface area contributed by atoms with Crippen molar-refractivity contribution >= 4 is 11.8 Å². The minimum atomic E-state index is -0.227. The summed E-state index contributed by atoms with van der Waals surface area (Å²) in [4.78, 5) is 37.7. The standard InChI is InChI=1S/C22H29N5O2/c1-18(27-15-11-23-17-27)21(29)25-13-8-22(9-14-25)7-5-20(28)26(16-22)12-6-19-4-2-3-10-24-19/h2-4,10-11,15,17-18H,5-9,12-14,16H2,1H3/t18-/m0/s1. The maximum Gasteiger partial charge on any atom is 0.245 e. The first-order chi connectivity index (χ1) is 14.1. The lowest BCUT2D eigenvalue weighted by Crippen LogP contribution is -2.53. The summed E-state index contributed by atoms with van der Waals surface area (Å²) >= 11 is 0. The van der Waals surface area contributed by atoms with E-state index in [0.717, 1.165) is 57.6 Å². The van der Waals surface area contributed by atoms with Gasteiger partial charge in [-0.1, -0.05) is 6.07 Å². The van der Waals surface area contributed by atoms with Crippen LogP contribution in [0.1, 0.15) is 44.3 Å². The predicted molar refractivity (Wildman–Crippen MR) is 109 cm³/mol. The van der Waals surface area contributed by atoms with Crippen LogP contribution < -0.4 is 0 Å². The average Bonchev–Trinajstić information content (AvgIpc) is 3.30. The van der Waals surface area contributed by atoms with Crippen molar-refractivity contribution in [2.24, 2.45) is 5.41 Å². The third kappa shape index (κ3) is 4.33. The van der Waals surface area contributed by atoms with Crippen molar-refractivity contribution in [2.45, 2.75) is 45.1 Å². The fourth-order valence-corrected chi connectivity index (χ4v) is 4.60. The molecule has 2 aliphatic rings. The molecule has 2 aliphatic heterocycles. The summed E-state index contributed by atoms with van der Waals surface area (Å²) in [5.41, 5.74) is 1.17. The number of hydrogen-bond acceptors (Lipinski definition) is 4. The molecule has 1 spiro atoms. The fourth-order valence-electron chi connectivity index (χ4n) is 4.60. The van der Waals surface area contributed by atoms with E-state index < -0.39 is 0 Å². The number of imidazole rings is 1. The zero-order valence-electron chi connectivity index (χ0n) is 17.0. The largest absolute Gasteiger partial charge is 0.342 e. The first-order valence-electron chi connectivity index (χ1n) is 10.5. The van der Waals surface area contributed by atoms with Crippen LogP contribution in [-0.2, 0) is 16.0 Å². The molecule has 7 heteroatoms. The summed E-state index contributed by atoms with van der Waals surface area (Å²) < 4.78 is 1.85. The maximum absolute atomic E-state index is 12.8. The smallest absolute Gasteiger partial charge is 0.245 e. The molecule has 2 amide bonds. The third-order valence-corrected chi connectivity index (χ3v) is 6.58. The number of piperidine rings is 2. The average molecular weight is 396 g/mol. The second-order valence-corrected chi connectivity index (χ2v) is 8.40. The molecule has 4 rings (SSSR count). The van der Waals surface area contributed by atoms with Gasteiger partial charge in [0.25, 0.3) is 0 Å². The maximum atomic E-state index is 12.8. The van der Waals surface area contributed by atoms with Gasteiger partial charge in [0.05, 0.1) is 6.33 Å². The number of rotatable bonds is 5. The van der Waals surface area contributed by atoms with Gasteiger partial charge in [-0.2, -0.15) is 0 Å². The van der Waals surface area contributed by atoms with Gasteiger partial charge in [-0.3, -0.25) is 14.6 Å². The second-order valence-electron chi connectivity index (χ2n) is 8.40. The Labute approximate surface area is 171 Å². The van der Waals surface area contributed by atoms with E-state index in [-0.39, 0.29) is 23.3 Å². The van der Waals surface area contributed by atoms with Crippen molar-refractivity contribution in [3.8, 4) is 0 Å². The van der Waals surface area contributed by atoms with E-state index >= 15 is 0 Å². The van der Waals surface area contributed by atoms with E-state index in [4.69, 9.17) is 0 Å². The Morgan fingerprint density at radius 2 is 2.03 bits per heavy atom. The molecule has 0 N–H and O–H groups in total. The molecule has 1 atom stereocenters. The third-order valence-electron chi connectivity index (χ3n) is 6.58. The Morgan fingerprint density at radius 3 is 2.72 bits per heavy atom. The van der Waals surface area contributed by atoms with Crippen LogP contribution in [0, 0.1) is 5.41 Å². The Hall–Kier alpha value is -2.70. The van der Waals surface area contributed by atoms with Gasteiger partial charge in [0.2, 0.25) is 11.8 Å². The highest BCUT2D eigenvalue weighted by molar-refractivity contribution is 5.80. The SMILES string of the molecule is C[C@@H](C(=O)N1CCC2(CCC(=O)N(CCc3ccccn3)C2)CC1)n1ccnc1. The zero-order valence-corrected chi connectivity index (χ0v) is 17.0. The molecule has 2 saturated heterocycles. The lowest BCUT2D eigenvalue weighted by Gasteiger charge is -2.47. The molecule has 2 fully saturated rings. The highest BCUT2D eigenvalue weighted by Crippen LogP contribution is 2.40. The summed E-state index contributed by atoms with van der Waals surface area (Å²) in [5, 5.41) is 0. The fraction of sp³-hybridized carbons (Fsp3) is 0.545. The summed E-state index contributed by atoms with van der Waals surface area (Å²) in [6.45, 7) is 4.98. The molecule has 4 heterocycles. The summed E-state index contributed by atoms with van der Waals surface area (Å²) in [6, 6.07) is 5.68. The molecule has 0 bridgehead atoms. The molecule has 0 aliphatic carbocycles. The topological polar surface area (TPSA) is 71.3 Å². The van der Waals surface area contributed by atoms with Gasteiger partial charge in [0, 0.05) is 63.3 Å². The molecule has 0 saturated carbocycles. The van der Waals surface area contributed by atoms with E-state index in [1.165, 1.54) is 0 Å². The molecular weight excluding hydrogens is 366 g/mol. The molecule has 7 nitrogen and oxygen atoms in total. The molecular formula is C22H29N5O2. The molecule has 154 valence electrons. The van der Waals surface area contributed by atoms with Crippen molar-refractivity contribution in [2.75, 3.05) is 26.2 Å². The van der Waals surface area contributed by atoms with Gasteiger partial charge >= 0.3 is 0 Å².